The van der Waals surface area contributed by atoms with Crippen molar-refractivity contribution in [3.05, 3.63) is 85.1 Å². The second-order valence-electron chi connectivity index (χ2n) is 16.4. The van der Waals surface area contributed by atoms with Gasteiger partial charge in [-0.25, -0.2) is 0 Å². The Kier molecular flexibility index (Phi) is 36.9. The van der Waals surface area contributed by atoms with Gasteiger partial charge in [0.05, 0.1) is 6.61 Å². The summed E-state index contributed by atoms with van der Waals surface area (Å²) in [7, 11) is -4.61. The maximum absolute atomic E-state index is 12.9. The first kappa shape index (κ1) is 58.8. The highest BCUT2D eigenvalue weighted by atomic mass is 32.2. The van der Waals surface area contributed by atoms with E-state index in [4.69, 9.17) is 18.9 Å². The van der Waals surface area contributed by atoms with Crippen LogP contribution in [0.5, 0.6) is 0 Å². The lowest BCUT2D eigenvalue weighted by Crippen LogP contribution is -2.60. The van der Waals surface area contributed by atoms with Crippen molar-refractivity contribution >= 4 is 22.1 Å². The van der Waals surface area contributed by atoms with Gasteiger partial charge in [-0.05, 0) is 83.5 Å². The summed E-state index contributed by atoms with van der Waals surface area (Å²) < 4.78 is 54.1. The molecule has 13 heteroatoms. The molecular formula is C51H84O12S. The number of hydrogen-bond acceptors (Lipinski definition) is 11. The van der Waals surface area contributed by atoms with Gasteiger partial charge in [0.1, 0.15) is 36.8 Å². The summed E-state index contributed by atoms with van der Waals surface area (Å²) >= 11 is 0. The van der Waals surface area contributed by atoms with Crippen molar-refractivity contribution in [3.63, 3.8) is 0 Å². The molecule has 12 nitrogen and oxygen atoms in total. The van der Waals surface area contributed by atoms with E-state index in [0.717, 1.165) is 109 Å². The van der Waals surface area contributed by atoms with E-state index in [1.165, 1.54) is 19.3 Å². The normalized spacial score (nSPS) is 20.4. The Labute approximate surface area is 386 Å². The molecule has 366 valence electrons. The van der Waals surface area contributed by atoms with Gasteiger partial charge < -0.3 is 34.3 Å². The first-order chi connectivity index (χ1) is 31.0. The number of ether oxygens (including phenoxy) is 4. The number of hydrogen-bond donors (Lipinski definition) is 4. The Hall–Kier alpha value is -3.17. The fourth-order valence-corrected chi connectivity index (χ4v) is 7.49. The van der Waals surface area contributed by atoms with E-state index >= 15 is 0 Å². The monoisotopic (exact) mass is 921 g/mol. The third kappa shape index (κ3) is 34.2. The molecule has 1 rings (SSSR count). The van der Waals surface area contributed by atoms with Gasteiger partial charge in [0, 0.05) is 12.8 Å². The second-order valence-corrected chi connectivity index (χ2v) is 17.9. The van der Waals surface area contributed by atoms with Crippen LogP contribution in [-0.4, -0.2) is 96.0 Å². The lowest BCUT2D eigenvalue weighted by molar-refractivity contribution is -0.297. The molecule has 1 saturated heterocycles. The fraction of sp³-hybridized carbons (Fsp3) is 0.686. The van der Waals surface area contributed by atoms with E-state index in [1.807, 2.05) is 0 Å². The summed E-state index contributed by atoms with van der Waals surface area (Å²) in [4.78, 5) is 25.5. The summed E-state index contributed by atoms with van der Waals surface area (Å²) in [6.45, 7) is 3.51. The Bertz CT molecular complexity index is 1500. The van der Waals surface area contributed by atoms with E-state index in [1.54, 1.807) is 0 Å². The maximum atomic E-state index is 12.9. The smallest absolute Gasteiger partial charge is 0.306 e. The number of unbranched alkanes of at least 4 members (excludes halogenated alkanes) is 13. The van der Waals surface area contributed by atoms with Crippen molar-refractivity contribution < 1.29 is 56.8 Å². The minimum absolute atomic E-state index is 0.146. The summed E-state index contributed by atoms with van der Waals surface area (Å²) in [5, 5.41) is 30.9. The zero-order chi connectivity index (χ0) is 46.9. The van der Waals surface area contributed by atoms with E-state index in [0.29, 0.717) is 12.8 Å². The van der Waals surface area contributed by atoms with Gasteiger partial charge in [-0.1, -0.05) is 157 Å². The molecule has 6 unspecified atom stereocenters. The molecule has 1 fully saturated rings. The van der Waals surface area contributed by atoms with Crippen LogP contribution < -0.4 is 0 Å². The van der Waals surface area contributed by atoms with E-state index < -0.39 is 71.2 Å². The molecule has 64 heavy (non-hydrogen) atoms. The average molecular weight is 921 g/mol. The zero-order valence-electron chi connectivity index (χ0n) is 39.1. The molecule has 0 saturated carbocycles. The molecule has 0 spiro atoms. The summed E-state index contributed by atoms with van der Waals surface area (Å²) in [6, 6.07) is 0. The van der Waals surface area contributed by atoms with Crippen LogP contribution in [0.4, 0.5) is 0 Å². The number of allylic oxidation sites excluding steroid dienone is 14. The standard InChI is InChI=1S/C51H84O12S/c1-3-5-7-9-11-13-15-17-19-20-21-22-23-24-26-28-30-32-34-36-38-40-47(53)62-44(42-61-51-50(56)49(55)48(54)45(63-51)43-64(57,58)59)41-60-46(52)39-37-35-33-31-29-27-25-18-16-14-12-10-8-6-4-2/h5-8,11-14,17-19,21-22,25,44-45,48-51,54-56H,3-4,9-10,15-16,20,23-24,26-43H2,1-2H3,(H,57,58,59)/b7-5-,8-6-,13-11-,14-12-,19-17-,22-21-,25-18-. The SMILES string of the molecule is CC/C=C\C/C=C\C/C=C\C/C=C\CCCCCCCCCCC(=O)OC(COC(=O)CCCCCCC/C=C\C/C=C\C/C=C\CC)COC1OC(CS(=O)(=O)O)C(O)C(O)C1O. The van der Waals surface area contributed by atoms with Crippen LogP contribution in [0.2, 0.25) is 0 Å². The third-order valence-electron chi connectivity index (χ3n) is 10.5. The lowest BCUT2D eigenvalue weighted by Gasteiger charge is -2.40. The van der Waals surface area contributed by atoms with Crippen molar-refractivity contribution in [2.45, 2.75) is 205 Å². The van der Waals surface area contributed by atoms with Crippen molar-refractivity contribution in [2.24, 2.45) is 0 Å². The Morgan fingerprint density at radius 2 is 0.938 bits per heavy atom. The van der Waals surface area contributed by atoms with Crippen LogP contribution in [0.1, 0.15) is 168 Å². The molecule has 0 aromatic heterocycles. The van der Waals surface area contributed by atoms with Gasteiger partial charge in [0.15, 0.2) is 12.4 Å². The number of carbonyl (C=O) groups is 2. The number of aliphatic hydroxyl groups excluding tert-OH is 3. The predicted octanol–water partition coefficient (Wildman–Crippen LogP) is 10.4. The van der Waals surface area contributed by atoms with Crippen molar-refractivity contribution in [1.82, 2.24) is 0 Å². The van der Waals surface area contributed by atoms with Gasteiger partial charge in [-0.2, -0.15) is 8.42 Å². The van der Waals surface area contributed by atoms with E-state index in [9.17, 15) is 37.9 Å². The van der Waals surface area contributed by atoms with Crippen LogP contribution in [0, 0.1) is 0 Å². The second kappa shape index (κ2) is 40.1. The molecule has 0 amide bonds. The molecule has 0 aromatic carbocycles. The average Bonchev–Trinajstić information content (AvgIpc) is 3.26. The van der Waals surface area contributed by atoms with Crippen LogP contribution in [0.15, 0.2) is 85.1 Å². The first-order valence-corrected chi connectivity index (χ1v) is 25.8. The van der Waals surface area contributed by atoms with Crippen LogP contribution >= 0.6 is 0 Å². The quantitative estimate of drug-likeness (QED) is 0.0198. The number of rotatable bonds is 39. The number of esters is 2. The third-order valence-corrected chi connectivity index (χ3v) is 11.2. The molecule has 0 aliphatic carbocycles. The van der Waals surface area contributed by atoms with Gasteiger partial charge in [-0.3, -0.25) is 14.1 Å². The number of aliphatic hydroxyl groups is 3. The zero-order valence-corrected chi connectivity index (χ0v) is 39.9. The van der Waals surface area contributed by atoms with Gasteiger partial charge >= 0.3 is 11.9 Å². The molecule has 4 N–H and O–H groups in total. The van der Waals surface area contributed by atoms with E-state index in [2.05, 4.69) is 98.9 Å². The van der Waals surface area contributed by atoms with Crippen LogP contribution in [-0.2, 0) is 38.7 Å². The topological polar surface area (TPSA) is 186 Å². The Morgan fingerprint density at radius 1 is 0.531 bits per heavy atom. The highest BCUT2D eigenvalue weighted by Crippen LogP contribution is 2.24. The van der Waals surface area contributed by atoms with Crippen LogP contribution in [0.3, 0.4) is 0 Å². The van der Waals surface area contributed by atoms with Gasteiger partial charge in [-0.15, -0.1) is 0 Å². The largest absolute Gasteiger partial charge is 0.462 e. The number of carbonyl (C=O) groups excluding carboxylic acids is 2. The van der Waals surface area contributed by atoms with E-state index in [-0.39, 0.29) is 19.4 Å². The van der Waals surface area contributed by atoms with Gasteiger partial charge in [0.2, 0.25) is 0 Å². The minimum atomic E-state index is -4.61. The molecule has 6 atom stereocenters. The summed E-state index contributed by atoms with van der Waals surface area (Å²) in [6.07, 6.45) is 43.3. The van der Waals surface area contributed by atoms with Crippen molar-refractivity contribution in [2.75, 3.05) is 19.0 Å². The Morgan fingerprint density at radius 3 is 1.39 bits per heavy atom. The highest BCUT2D eigenvalue weighted by molar-refractivity contribution is 7.85. The molecule has 0 radical (unpaired) electrons. The highest BCUT2D eigenvalue weighted by Gasteiger charge is 2.46. The van der Waals surface area contributed by atoms with Crippen molar-refractivity contribution in [3.8, 4) is 0 Å². The minimum Gasteiger partial charge on any atom is -0.462 e. The fourth-order valence-electron chi connectivity index (χ4n) is 6.80. The molecule has 0 bridgehead atoms. The maximum Gasteiger partial charge on any atom is 0.306 e. The predicted molar refractivity (Wildman–Crippen MR) is 256 cm³/mol. The molecule has 0 aromatic rings. The molecule has 1 aliphatic heterocycles. The van der Waals surface area contributed by atoms with Crippen LogP contribution in [0.25, 0.3) is 0 Å². The van der Waals surface area contributed by atoms with Gasteiger partial charge in [0.25, 0.3) is 10.1 Å². The van der Waals surface area contributed by atoms with Crippen molar-refractivity contribution in [1.29, 1.82) is 0 Å². The lowest BCUT2D eigenvalue weighted by atomic mass is 10.00. The molecule has 1 aliphatic rings. The summed E-state index contributed by atoms with van der Waals surface area (Å²) in [5.74, 6) is -2.03. The summed E-state index contributed by atoms with van der Waals surface area (Å²) in [5.41, 5.74) is 0. The Balaban J connectivity index is 2.42. The first-order valence-electron chi connectivity index (χ1n) is 24.1. The molecule has 1 heterocycles. The molecular weight excluding hydrogens is 837 g/mol.